The van der Waals surface area contributed by atoms with Crippen molar-refractivity contribution in [3.05, 3.63) is 53.7 Å². The lowest BCUT2D eigenvalue weighted by Crippen LogP contribution is -2.30. The van der Waals surface area contributed by atoms with E-state index in [-0.39, 0.29) is 18.1 Å². The van der Waals surface area contributed by atoms with Crippen LogP contribution in [0.2, 0.25) is 0 Å². The van der Waals surface area contributed by atoms with Crippen molar-refractivity contribution in [3.63, 3.8) is 0 Å². The number of hydrogen-bond acceptors (Lipinski definition) is 5. The van der Waals surface area contributed by atoms with E-state index in [0.717, 1.165) is 0 Å². The zero-order chi connectivity index (χ0) is 14.5. The lowest BCUT2D eigenvalue weighted by Gasteiger charge is -2.12. The Morgan fingerprint density at radius 1 is 1.30 bits per heavy atom. The third-order valence-electron chi connectivity index (χ3n) is 2.65. The van der Waals surface area contributed by atoms with E-state index in [2.05, 4.69) is 15.3 Å². The summed E-state index contributed by atoms with van der Waals surface area (Å²) in [6, 6.07) is 5.37. The summed E-state index contributed by atoms with van der Waals surface area (Å²) in [6.07, 6.45) is 1.78. The Morgan fingerprint density at radius 3 is 2.60 bits per heavy atom. The first-order chi connectivity index (χ1) is 9.58. The Labute approximate surface area is 114 Å². The molecule has 0 aliphatic carbocycles. The highest BCUT2D eigenvalue weighted by Gasteiger charge is 2.14. The molecule has 1 atom stereocenters. The van der Waals surface area contributed by atoms with Crippen molar-refractivity contribution in [2.45, 2.75) is 6.10 Å². The molecule has 0 aliphatic heterocycles. The van der Waals surface area contributed by atoms with E-state index in [0.29, 0.717) is 5.56 Å². The number of carbonyl (C=O) groups excluding carboxylic acids is 1. The molecule has 2 aromatic rings. The minimum absolute atomic E-state index is 0.00111. The first-order valence-electron chi connectivity index (χ1n) is 5.86. The summed E-state index contributed by atoms with van der Waals surface area (Å²) >= 11 is 0. The Balaban J connectivity index is 1.97. The average Bonchev–Trinajstić information content (AvgIpc) is 2.45. The topological polar surface area (TPSA) is 101 Å². The summed E-state index contributed by atoms with van der Waals surface area (Å²) in [6.45, 7) is -0.0412. The van der Waals surface area contributed by atoms with Crippen molar-refractivity contribution in [1.82, 2.24) is 15.3 Å². The van der Waals surface area contributed by atoms with E-state index in [1.54, 1.807) is 0 Å². The fraction of sp³-hybridized carbons (Fsp3) is 0.154. The normalized spacial score (nSPS) is 11.9. The highest BCUT2D eigenvalue weighted by atomic mass is 19.1. The van der Waals surface area contributed by atoms with E-state index in [1.165, 1.54) is 36.7 Å². The van der Waals surface area contributed by atoms with E-state index < -0.39 is 17.8 Å². The molecule has 0 spiro atoms. The molecular formula is C13H13FN4O2. The number of amides is 1. The Kier molecular flexibility index (Phi) is 4.21. The van der Waals surface area contributed by atoms with Crippen molar-refractivity contribution < 1.29 is 14.3 Å². The van der Waals surface area contributed by atoms with Crippen LogP contribution in [0, 0.1) is 5.82 Å². The van der Waals surface area contributed by atoms with Crippen LogP contribution in [-0.4, -0.2) is 27.5 Å². The number of aromatic nitrogens is 2. The minimum atomic E-state index is -0.947. The zero-order valence-electron chi connectivity index (χ0n) is 10.5. The number of nitrogens with zero attached hydrogens (tertiary/aromatic N) is 2. The van der Waals surface area contributed by atoms with E-state index >= 15 is 0 Å². The van der Waals surface area contributed by atoms with Gasteiger partial charge in [-0.3, -0.25) is 4.79 Å². The van der Waals surface area contributed by atoms with Crippen molar-refractivity contribution in [2.75, 3.05) is 12.3 Å². The standard InChI is InChI=1S/C13H13FN4O2/c14-9-3-1-8(2-4-9)10(19)7-18-13(20)11-12(15)17-6-5-16-11/h1-6,10,19H,7H2,(H2,15,17)(H,18,20). The number of aliphatic hydroxyl groups excluding tert-OH is 1. The van der Waals surface area contributed by atoms with Gasteiger partial charge in [-0.1, -0.05) is 12.1 Å². The molecular weight excluding hydrogens is 263 g/mol. The van der Waals surface area contributed by atoms with Gasteiger partial charge in [0.25, 0.3) is 5.91 Å². The van der Waals surface area contributed by atoms with Gasteiger partial charge in [0, 0.05) is 18.9 Å². The van der Waals surface area contributed by atoms with Crippen LogP contribution in [-0.2, 0) is 0 Å². The fourth-order valence-corrected chi connectivity index (χ4v) is 1.60. The number of halogens is 1. The van der Waals surface area contributed by atoms with Crippen LogP contribution in [0.4, 0.5) is 10.2 Å². The maximum absolute atomic E-state index is 12.7. The summed E-state index contributed by atoms with van der Waals surface area (Å²) in [7, 11) is 0. The summed E-state index contributed by atoms with van der Waals surface area (Å²) < 4.78 is 12.7. The number of carbonyl (C=O) groups is 1. The Hall–Kier alpha value is -2.54. The summed E-state index contributed by atoms with van der Waals surface area (Å²) in [5.41, 5.74) is 6.01. The SMILES string of the molecule is Nc1nccnc1C(=O)NCC(O)c1ccc(F)cc1. The second-order valence-corrected chi connectivity index (χ2v) is 4.07. The van der Waals surface area contributed by atoms with Crippen molar-refractivity contribution >= 4 is 11.7 Å². The predicted molar refractivity (Wildman–Crippen MR) is 70.1 cm³/mol. The molecule has 1 unspecified atom stereocenters. The third-order valence-corrected chi connectivity index (χ3v) is 2.65. The van der Waals surface area contributed by atoms with Gasteiger partial charge in [-0.25, -0.2) is 14.4 Å². The van der Waals surface area contributed by atoms with E-state index in [9.17, 15) is 14.3 Å². The van der Waals surface area contributed by atoms with Gasteiger partial charge in [-0.05, 0) is 17.7 Å². The summed E-state index contributed by atoms with van der Waals surface area (Å²) in [5.74, 6) is -0.907. The number of rotatable bonds is 4. The summed E-state index contributed by atoms with van der Waals surface area (Å²) in [4.78, 5) is 19.3. The van der Waals surface area contributed by atoms with Gasteiger partial charge in [0.1, 0.15) is 5.82 Å². The van der Waals surface area contributed by atoms with Gasteiger partial charge >= 0.3 is 0 Å². The maximum Gasteiger partial charge on any atom is 0.273 e. The van der Waals surface area contributed by atoms with Gasteiger partial charge in [0.05, 0.1) is 6.10 Å². The molecule has 0 saturated carbocycles. The summed E-state index contributed by atoms with van der Waals surface area (Å²) in [5, 5.41) is 12.4. The fourth-order valence-electron chi connectivity index (χ4n) is 1.60. The van der Waals surface area contributed by atoms with Crippen molar-refractivity contribution in [2.24, 2.45) is 0 Å². The number of nitrogen functional groups attached to an aromatic ring is 1. The minimum Gasteiger partial charge on any atom is -0.387 e. The lowest BCUT2D eigenvalue weighted by molar-refractivity contribution is 0.0912. The van der Waals surface area contributed by atoms with Gasteiger partial charge in [-0.2, -0.15) is 0 Å². The number of benzene rings is 1. The molecule has 0 fully saturated rings. The van der Waals surface area contributed by atoms with Crippen LogP contribution < -0.4 is 11.1 Å². The predicted octanol–water partition coefficient (Wildman–Crippen LogP) is 0.661. The molecule has 1 heterocycles. The second-order valence-electron chi connectivity index (χ2n) is 4.07. The van der Waals surface area contributed by atoms with E-state index in [1.807, 2.05) is 0 Å². The largest absolute Gasteiger partial charge is 0.387 e. The second kappa shape index (κ2) is 6.07. The first kappa shape index (κ1) is 13.9. The molecule has 104 valence electrons. The molecule has 20 heavy (non-hydrogen) atoms. The van der Waals surface area contributed by atoms with Crippen LogP contribution >= 0.6 is 0 Å². The highest BCUT2D eigenvalue weighted by molar-refractivity contribution is 5.96. The molecule has 2 rings (SSSR count). The van der Waals surface area contributed by atoms with Crippen LogP contribution in [0.1, 0.15) is 22.2 Å². The molecule has 6 nitrogen and oxygen atoms in total. The molecule has 0 radical (unpaired) electrons. The van der Waals surface area contributed by atoms with Crippen LogP contribution in [0.15, 0.2) is 36.7 Å². The van der Waals surface area contributed by atoms with Crippen LogP contribution in [0.3, 0.4) is 0 Å². The molecule has 1 aromatic heterocycles. The smallest absolute Gasteiger partial charge is 0.273 e. The molecule has 7 heteroatoms. The Bertz CT molecular complexity index is 604. The van der Waals surface area contributed by atoms with Crippen LogP contribution in [0.25, 0.3) is 0 Å². The number of aliphatic hydroxyl groups is 1. The quantitative estimate of drug-likeness (QED) is 0.761. The van der Waals surface area contributed by atoms with Crippen LogP contribution in [0.5, 0.6) is 0 Å². The number of hydrogen-bond donors (Lipinski definition) is 3. The number of nitrogens with one attached hydrogen (secondary N) is 1. The van der Waals surface area contributed by atoms with E-state index in [4.69, 9.17) is 5.73 Å². The Morgan fingerprint density at radius 2 is 1.95 bits per heavy atom. The molecule has 0 saturated heterocycles. The number of anilines is 1. The third kappa shape index (κ3) is 3.27. The van der Waals surface area contributed by atoms with Gasteiger partial charge in [0.2, 0.25) is 0 Å². The average molecular weight is 276 g/mol. The lowest BCUT2D eigenvalue weighted by atomic mass is 10.1. The van der Waals surface area contributed by atoms with Gasteiger partial charge in [-0.15, -0.1) is 0 Å². The molecule has 1 amide bonds. The monoisotopic (exact) mass is 276 g/mol. The zero-order valence-corrected chi connectivity index (χ0v) is 10.5. The number of nitrogens with two attached hydrogens (primary N) is 1. The first-order valence-corrected chi connectivity index (χ1v) is 5.86. The maximum atomic E-state index is 12.7. The molecule has 0 aliphatic rings. The van der Waals surface area contributed by atoms with Gasteiger partial charge < -0.3 is 16.2 Å². The van der Waals surface area contributed by atoms with Gasteiger partial charge in [0.15, 0.2) is 11.5 Å². The molecule has 0 bridgehead atoms. The molecule has 4 N–H and O–H groups in total. The van der Waals surface area contributed by atoms with Crippen molar-refractivity contribution in [3.8, 4) is 0 Å². The highest BCUT2D eigenvalue weighted by Crippen LogP contribution is 2.12. The van der Waals surface area contributed by atoms with Crippen molar-refractivity contribution in [1.29, 1.82) is 0 Å². The molecule has 1 aromatic carbocycles.